The van der Waals surface area contributed by atoms with Gasteiger partial charge in [-0.3, -0.25) is 0 Å². The predicted octanol–water partition coefficient (Wildman–Crippen LogP) is 6.81. The second-order valence-electron chi connectivity index (χ2n) is 10.9. The molecule has 2 saturated heterocycles. The van der Waals surface area contributed by atoms with Crippen LogP contribution in [0.2, 0.25) is 0 Å². The Kier molecular flexibility index (Phi) is 3.76. The number of phenolic OH excluding ortho intramolecular Hbond substituents is 1. The maximum Gasteiger partial charge on any atom is 0.261 e. The Hall–Kier alpha value is -2.66. The maximum absolute atomic E-state index is 11.1. The summed E-state index contributed by atoms with van der Waals surface area (Å²) in [5.74, 6) is -0.860. The number of hydrogen-bond donors (Lipinski definition) is 1. The molecule has 0 radical (unpaired) electrons. The Morgan fingerprint density at radius 2 is 1.53 bits per heavy atom. The Balaban J connectivity index is 1.70. The largest absolute Gasteiger partial charge is 0.507 e. The molecule has 2 aliphatic rings. The van der Waals surface area contributed by atoms with Crippen LogP contribution in [-0.4, -0.2) is 17.3 Å². The van der Waals surface area contributed by atoms with E-state index in [1.54, 1.807) is 6.07 Å². The number of ether oxygens (including phenoxy) is 1. The maximum atomic E-state index is 11.1. The molecular formula is C28H28O4. The van der Waals surface area contributed by atoms with Crippen molar-refractivity contribution in [1.29, 1.82) is 0 Å². The van der Waals surface area contributed by atoms with E-state index in [1.165, 1.54) is 5.39 Å². The van der Waals surface area contributed by atoms with Gasteiger partial charge in [0.2, 0.25) is 0 Å². The number of rotatable bonds is 1. The Labute approximate surface area is 187 Å². The van der Waals surface area contributed by atoms with Crippen LogP contribution in [0.3, 0.4) is 0 Å². The van der Waals surface area contributed by atoms with Crippen molar-refractivity contribution in [3.8, 4) is 5.75 Å². The van der Waals surface area contributed by atoms with Crippen molar-refractivity contribution in [2.24, 2.45) is 10.8 Å². The molecule has 0 bridgehead atoms. The van der Waals surface area contributed by atoms with Gasteiger partial charge in [0.05, 0.1) is 6.61 Å². The van der Waals surface area contributed by atoms with E-state index >= 15 is 0 Å². The van der Waals surface area contributed by atoms with Crippen molar-refractivity contribution in [1.82, 2.24) is 0 Å². The molecule has 4 heteroatoms. The first-order valence-electron chi connectivity index (χ1n) is 11.2. The lowest BCUT2D eigenvalue weighted by molar-refractivity contribution is -0.626. The lowest BCUT2D eigenvalue weighted by atomic mass is 9.57. The van der Waals surface area contributed by atoms with Gasteiger partial charge in [0.1, 0.15) is 5.75 Å². The number of hydrogen-bond acceptors (Lipinski definition) is 4. The third-order valence-electron chi connectivity index (χ3n) is 7.59. The highest BCUT2D eigenvalue weighted by atomic mass is 17.3. The summed E-state index contributed by atoms with van der Waals surface area (Å²) in [6, 6.07) is 20.6. The molecule has 0 amide bonds. The van der Waals surface area contributed by atoms with E-state index in [4.69, 9.17) is 14.5 Å². The molecule has 0 aliphatic carbocycles. The van der Waals surface area contributed by atoms with Crippen molar-refractivity contribution in [3.05, 3.63) is 66.2 Å². The van der Waals surface area contributed by atoms with E-state index in [1.807, 2.05) is 12.1 Å². The fraction of sp³-hybridized carbons (Fsp3) is 0.357. The fourth-order valence-corrected chi connectivity index (χ4v) is 6.35. The van der Waals surface area contributed by atoms with Crippen LogP contribution in [0.25, 0.3) is 32.3 Å². The predicted molar refractivity (Wildman–Crippen MR) is 126 cm³/mol. The highest BCUT2D eigenvalue weighted by Crippen LogP contribution is 2.69. The molecule has 4 aromatic rings. The van der Waals surface area contributed by atoms with Gasteiger partial charge in [-0.05, 0) is 39.1 Å². The summed E-state index contributed by atoms with van der Waals surface area (Å²) in [7, 11) is 0. The molecule has 0 saturated carbocycles. The Bertz CT molecular complexity index is 1410. The van der Waals surface area contributed by atoms with Gasteiger partial charge in [-0.25, -0.2) is 4.89 Å². The third kappa shape index (κ3) is 2.18. The van der Waals surface area contributed by atoms with Crippen LogP contribution in [0.1, 0.15) is 40.2 Å². The molecule has 2 atom stereocenters. The highest BCUT2D eigenvalue weighted by Gasteiger charge is 2.81. The summed E-state index contributed by atoms with van der Waals surface area (Å²) in [6.07, 6.45) is 0. The van der Waals surface area contributed by atoms with E-state index in [0.717, 1.165) is 32.5 Å². The summed E-state index contributed by atoms with van der Waals surface area (Å²) in [4.78, 5) is 11.8. The molecule has 32 heavy (non-hydrogen) atoms. The monoisotopic (exact) mass is 428 g/mol. The lowest BCUT2D eigenvalue weighted by Gasteiger charge is -2.61. The van der Waals surface area contributed by atoms with Crippen molar-refractivity contribution >= 4 is 32.3 Å². The normalized spacial score (nSPS) is 27.0. The van der Waals surface area contributed by atoms with Gasteiger partial charge >= 0.3 is 0 Å². The van der Waals surface area contributed by atoms with Crippen molar-refractivity contribution in [2.75, 3.05) is 6.61 Å². The van der Waals surface area contributed by atoms with Crippen LogP contribution in [0.5, 0.6) is 5.75 Å². The summed E-state index contributed by atoms with van der Waals surface area (Å²) < 4.78 is 6.42. The average Bonchev–Trinajstić information content (AvgIpc) is 2.88. The summed E-state index contributed by atoms with van der Waals surface area (Å²) in [5.41, 5.74) is -0.449. The molecule has 2 heterocycles. The molecule has 6 rings (SSSR count). The summed E-state index contributed by atoms with van der Waals surface area (Å²) in [5, 5.41) is 17.5. The van der Waals surface area contributed by atoms with Gasteiger partial charge in [0.25, 0.3) is 5.79 Å². The zero-order valence-electron chi connectivity index (χ0n) is 19.2. The van der Waals surface area contributed by atoms with E-state index in [2.05, 4.69) is 77.1 Å². The van der Waals surface area contributed by atoms with Gasteiger partial charge < -0.3 is 9.84 Å². The molecule has 0 spiro atoms. The summed E-state index contributed by atoms with van der Waals surface area (Å²) in [6.45, 7) is 11.3. The Morgan fingerprint density at radius 3 is 2.25 bits per heavy atom. The quantitative estimate of drug-likeness (QED) is 0.267. The fourth-order valence-electron chi connectivity index (χ4n) is 6.35. The van der Waals surface area contributed by atoms with E-state index in [-0.39, 0.29) is 16.6 Å². The van der Waals surface area contributed by atoms with Crippen molar-refractivity contribution in [2.45, 2.75) is 46.0 Å². The van der Waals surface area contributed by atoms with E-state index in [9.17, 15) is 5.11 Å². The zero-order chi connectivity index (χ0) is 22.5. The number of benzene rings is 4. The van der Waals surface area contributed by atoms with Crippen molar-refractivity contribution in [3.63, 3.8) is 0 Å². The van der Waals surface area contributed by atoms with Crippen LogP contribution < -0.4 is 0 Å². The second-order valence-corrected chi connectivity index (χ2v) is 10.9. The van der Waals surface area contributed by atoms with Gasteiger partial charge in [-0.1, -0.05) is 83.1 Å². The topological polar surface area (TPSA) is 47.9 Å². The van der Waals surface area contributed by atoms with Gasteiger partial charge in [0, 0.05) is 21.8 Å². The molecule has 0 aromatic heterocycles. The van der Waals surface area contributed by atoms with Crippen LogP contribution >= 0.6 is 0 Å². The SMILES string of the molecule is CC(C)(C)C12OOC1(c1cc(O)c3ccc4ccc5ccccc5c4c3c1)OCC2(C)C. The minimum atomic E-state index is -1.08. The zero-order valence-corrected chi connectivity index (χ0v) is 19.2. The smallest absolute Gasteiger partial charge is 0.261 e. The molecule has 2 aliphatic heterocycles. The number of phenols is 1. The minimum Gasteiger partial charge on any atom is -0.507 e. The second kappa shape index (κ2) is 6.02. The van der Waals surface area contributed by atoms with Gasteiger partial charge in [-0.2, -0.15) is 4.89 Å². The van der Waals surface area contributed by atoms with Crippen LogP contribution in [0, 0.1) is 10.8 Å². The lowest BCUT2D eigenvalue weighted by Crippen LogP contribution is -2.73. The highest BCUT2D eigenvalue weighted by molar-refractivity contribution is 6.21. The van der Waals surface area contributed by atoms with E-state index < -0.39 is 11.4 Å². The Morgan fingerprint density at radius 1 is 0.812 bits per heavy atom. The average molecular weight is 429 g/mol. The third-order valence-corrected chi connectivity index (χ3v) is 7.59. The molecule has 4 aromatic carbocycles. The number of fused-ring (bicyclic) bond motifs is 6. The first-order valence-corrected chi connectivity index (χ1v) is 11.2. The van der Waals surface area contributed by atoms with Gasteiger partial charge in [-0.15, -0.1) is 0 Å². The first kappa shape index (κ1) is 20.0. The summed E-state index contributed by atoms with van der Waals surface area (Å²) >= 11 is 0. The van der Waals surface area contributed by atoms with Crippen molar-refractivity contribution < 1.29 is 19.6 Å². The first-order chi connectivity index (χ1) is 15.1. The minimum absolute atomic E-state index is 0.216. The van der Waals surface area contributed by atoms with Crippen LogP contribution in [0.4, 0.5) is 0 Å². The van der Waals surface area contributed by atoms with Crippen LogP contribution in [0.15, 0.2) is 60.7 Å². The van der Waals surface area contributed by atoms with Crippen LogP contribution in [-0.2, 0) is 20.3 Å². The molecule has 4 nitrogen and oxygen atoms in total. The molecule has 164 valence electrons. The number of aromatic hydroxyl groups is 1. The molecule has 2 fully saturated rings. The molecular weight excluding hydrogens is 400 g/mol. The van der Waals surface area contributed by atoms with E-state index in [0.29, 0.717) is 6.61 Å². The molecule has 1 N–H and O–H groups in total. The van der Waals surface area contributed by atoms with Gasteiger partial charge in [0.15, 0.2) is 5.60 Å². The molecule has 2 unspecified atom stereocenters. The standard InChI is InChI=1S/C28H28O4/c1-25(2,3)28-26(4,5)16-30-27(28,31-32-28)19-14-22-21(23(29)15-19)13-12-18-11-10-17-8-6-7-9-20(17)24(18)22/h6-15,29H,16H2,1-5H3.